The maximum Gasteiger partial charge on any atom is 0.141 e. The first-order chi connectivity index (χ1) is 9.12. The summed E-state index contributed by atoms with van der Waals surface area (Å²) in [5, 5.41) is 9.12. The van der Waals surface area contributed by atoms with Crippen LogP contribution in [0.25, 0.3) is 0 Å². The van der Waals surface area contributed by atoms with Crippen molar-refractivity contribution in [2.24, 2.45) is 0 Å². The molecule has 1 heterocycles. The van der Waals surface area contributed by atoms with Crippen molar-refractivity contribution in [1.29, 1.82) is 5.26 Å². The van der Waals surface area contributed by atoms with E-state index in [1.165, 1.54) is 0 Å². The average Bonchev–Trinajstić information content (AvgIpc) is 2.37. The van der Waals surface area contributed by atoms with Gasteiger partial charge in [-0.3, -0.25) is 0 Å². The van der Waals surface area contributed by atoms with Crippen LogP contribution in [0.1, 0.15) is 32.3 Å². The number of ether oxygens (including phenoxy) is 3. The van der Waals surface area contributed by atoms with Crippen LogP contribution in [0, 0.1) is 11.3 Å². The van der Waals surface area contributed by atoms with Crippen molar-refractivity contribution in [2.45, 2.75) is 45.0 Å². The van der Waals surface area contributed by atoms with Crippen LogP contribution in [-0.2, 0) is 4.74 Å². The SMILES string of the molecule is COc1ccc(C#N)c(OC2CC(C)OC(C)C2)c1. The van der Waals surface area contributed by atoms with Crippen LogP contribution < -0.4 is 9.47 Å². The highest BCUT2D eigenvalue weighted by molar-refractivity contribution is 5.47. The molecule has 4 heteroatoms. The molecule has 2 atom stereocenters. The lowest BCUT2D eigenvalue weighted by atomic mass is 10.0. The van der Waals surface area contributed by atoms with Crippen molar-refractivity contribution < 1.29 is 14.2 Å². The van der Waals surface area contributed by atoms with Crippen LogP contribution in [0.15, 0.2) is 18.2 Å². The molecule has 1 aliphatic heterocycles. The van der Waals surface area contributed by atoms with Gasteiger partial charge < -0.3 is 14.2 Å². The summed E-state index contributed by atoms with van der Waals surface area (Å²) in [6, 6.07) is 7.40. The number of rotatable bonds is 3. The van der Waals surface area contributed by atoms with Gasteiger partial charge in [-0.05, 0) is 26.0 Å². The number of nitrogens with zero attached hydrogens (tertiary/aromatic N) is 1. The third-order valence-corrected chi connectivity index (χ3v) is 3.26. The smallest absolute Gasteiger partial charge is 0.141 e. The highest BCUT2D eigenvalue weighted by atomic mass is 16.5. The molecule has 0 radical (unpaired) electrons. The molecule has 2 unspecified atom stereocenters. The second kappa shape index (κ2) is 5.94. The molecule has 4 nitrogen and oxygen atoms in total. The zero-order valence-electron chi connectivity index (χ0n) is 11.6. The first-order valence-electron chi connectivity index (χ1n) is 6.52. The minimum absolute atomic E-state index is 0.0814. The number of benzene rings is 1. The van der Waals surface area contributed by atoms with E-state index in [-0.39, 0.29) is 18.3 Å². The van der Waals surface area contributed by atoms with E-state index in [1.54, 1.807) is 25.3 Å². The Bertz CT molecular complexity index is 471. The molecule has 0 N–H and O–H groups in total. The van der Waals surface area contributed by atoms with Crippen LogP contribution in [-0.4, -0.2) is 25.4 Å². The number of hydrogen-bond acceptors (Lipinski definition) is 4. The lowest BCUT2D eigenvalue weighted by molar-refractivity contribution is -0.0722. The third-order valence-electron chi connectivity index (χ3n) is 3.26. The highest BCUT2D eigenvalue weighted by Gasteiger charge is 2.26. The minimum Gasteiger partial charge on any atom is -0.497 e. The van der Waals surface area contributed by atoms with Gasteiger partial charge in [-0.15, -0.1) is 0 Å². The van der Waals surface area contributed by atoms with Gasteiger partial charge in [-0.1, -0.05) is 0 Å². The fraction of sp³-hybridized carbons (Fsp3) is 0.533. The fourth-order valence-corrected chi connectivity index (χ4v) is 2.44. The number of hydrogen-bond donors (Lipinski definition) is 0. The Morgan fingerprint density at radius 1 is 1.26 bits per heavy atom. The van der Waals surface area contributed by atoms with Crippen molar-refractivity contribution in [2.75, 3.05) is 7.11 Å². The Labute approximate surface area is 113 Å². The molecule has 0 amide bonds. The lowest BCUT2D eigenvalue weighted by Gasteiger charge is -2.32. The van der Waals surface area contributed by atoms with Crippen molar-refractivity contribution in [3.63, 3.8) is 0 Å². The Hall–Kier alpha value is -1.73. The van der Waals surface area contributed by atoms with Crippen LogP contribution in [0.5, 0.6) is 11.5 Å². The monoisotopic (exact) mass is 261 g/mol. The molecule has 2 rings (SSSR count). The van der Waals surface area contributed by atoms with E-state index < -0.39 is 0 Å². The Kier molecular flexibility index (Phi) is 4.28. The molecule has 1 fully saturated rings. The quantitative estimate of drug-likeness (QED) is 0.839. The minimum atomic E-state index is 0.0814. The Balaban J connectivity index is 2.15. The zero-order valence-corrected chi connectivity index (χ0v) is 11.6. The van der Waals surface area contributed by atoms with E-state index in [2.05, 4.69) is 6.07 Å². The van der Waals surface area contributed by atoms with Gasteiger partial charge in [0.15, 0.2) is 0 Å². The molecule has 0 saturated carbocycles. The molecular formula is C15H19NO3. The van der Waals surface area contributed by atoms with Crippen molar-refractivity contribution in [3.8, 4) is 17.6 Å². The van der Waals surface area contributed by atoms with Crippen molar-refractivity contribution >= 4 is 0 Å². The summed E-state index contributed by atoms with van der Waals surface area (Å²) in [7, 11) is 1.60. The van der Waals surface area contributed by atoms with Crippen LogP contribution in [0.4, 0.5) is 0 Å². The predicted octanol–water partition coefficient (Wildman–Crippen LogP) is 2.90. The molecular weight excluding hydrogens is 242 g/mol. The summed E-state index contributed by atoms with van der Waals surface area (Å²) >= 11 is 0. The summed E-state index contributed by atoms with van der Waals surface area (Å²) < 4.78 is 16.8. The zero-order chi connectivity index (χ0) is 13.8. The van der Waals surface area contributed by atoms with Gasteiger partial charge in [0.2, 0.25) is 0 Å². The molecule has 1 aliphatic rings. The number of nitriles is 1. The van der Waals surface area contributed by atoms with Gasteiger partial charge in [-0.25, -0.2) is 0 Å². The normalized spacial score (nSPS) is 26.5. The van der Waals surface area contributed by atoms with Gasteiger partial charge in [0, 0.05) is 18.9 Å². The van der Waals surface area contributed by atoms with Gasteiger partial charge in [0.1, 0.15) is 23.7 Å². The van der Waals surface area contributed by atoms with E-state index in [0.29, 0.717) is 17.1 Å². The van der Waals surface area contributed by atoms with E-state index in [4.69, 9.17) is 19.5 Å². The lowest BCUT2D eigenvalue weighted by Crippen LogP contribution is -2.35. The van der Waals surface area contributed by atoms with Gasteiger partial charge >= 0.3 is 0 Å². The first-order valence-corrected chi connectivity index (χ1v) is 6.52. The molecule has 0 spiro atoms. The van der Waals surface area contributed by atoms with Crippen LogP contribution in [0.3, 0.4) is 0 Å². The molecule has 0 aliphatic carbocycles. The Morgan fingerprint density at radius 3 is 2.53 bits per heavy atom. The van der Waals surface area contributed by atoms with E-state index in [9.17, 15) is 0 Å². The predicted molar refractivity (Wildman–Crippen MR) is 71.4 cm³/mol. The molecule has 0 aromatic heterocycles. The molecule has 19 heavy (non-hydrogen) atoms. The number of methoxy groups -OCH3 is 1. The summed E-state index contributed by atoms with van der Waals surface area (Å²) in [4.78, 5) is 0. The summed E-state index contributed by atoms with van der Waals surface area (Å²) in [6.07, 6.45) is 2.13. The highest BCUT2D eigenvalue weighted by Crippen LogP contribution is 2.29. The summed E-state index contributed by atoms with van der Waals surface area (Å²) in [5.41, 5.74) is 0.535. The van der Waals surface area contributed by atoms with Crippen LogP contribution in [0.2, 0.25) is 0 Å². The van der Waals surface area contributed by atoms with E-state index in [1.807, 2.05) is 13.8 Å². The maximum absolute atomic E-state index is 9.12. The third kappa shape index (κ3) is 3.39. The van der Waals surface area contributed by atoms with Crippen molar-refractivity contribution in [3.05, 3.63) is 23.8 Å². The first kappa shape index (κ1) is 13.7. The standard InChI is InChI=1S/C15H19NO3/c1-10-6-14(7-11(2)18-10)19-15-8-13(17-3)5-4-12(15)9-16/h4-5,8,10-11,14H,6-7H2,1-3H3. The van der Waals surface area contributed by atoms with Crippen LogP contribution >= 0.6 is 0 Å². The molecule has 102 valence electrons. The summed E-state index contributed by atoms with van der Waals surface area (Å²) in [6.45, 7) is 4.09. The molecule has 0 bridgehead atoms. The van der Waals surface area contributed by atoms with Gasteiger partial charge in [-0.2, -0.15) is 5.26 Å². The summed E-state index contributed by atoms with van der Waals surface area (Å²) in [5.74, 6) is 1.29. The van der Waals surface area contributed by atoms with E-state index >= 15 is 0 Å². The maximum atomic E-state index is 9.12. The Morgan fingerprint density at radius 2 is 1.95 bits per heavy atom. The second-order valence-electron chi connectivity index (χ2n) is 4.94. The second-order valence-corrected chi connectivity index (χ2v) is 4.94. The molecule has 1 aromatic rings. The fourth-order valence-electron chi connectivity index (χ4n) is 2.44. The van der Waals surface area contributed by atoms with Gasteiger partial charge in [0.25, 0.3) is 0 Å². The van der Waals surface area contributed by atoms with Crippen molar-refractivity contribution in [1.82, 2.24) is 0 Å². The molecule has 1 saturated heterocycles. The van der Waals surface area contributed by atoms with E-state index in [0.717, 1.165) is 12.8 Å². The molecule has 1 aromatic carbocycles. The average molecular weight is 261 g/mol. The van der Waals surface area contributed by atoms with Gasteiger partial charge in [0.05, 0.1) is 24.9 Å². The largest absolute Gasteiger partial charge is 0.497 e. The topological polar surface area (TPSA) is 51.5 Å².